The molecule has 4 aromatic rings. The second-order valence-electron chi connectivity index (χ2n) is 7.82. The number of aryl methyl sites for hydroxylation is 1. The van der Waals surface area contributed by atoms with E-state index in [0.717, 1.165) is 16.7 Å². The Morgan fingerprint density at radius 3 is 2.59 bits per heavy atom. The first kappa shape index (κ1) is 22.8. The summed E-state index contributed by atoms with van der Waals surface area (Å²) >= 11 is 0. The highest BCUT2D eigenvalue weighted by Crippen LogP contribution is 2.20. The van der Waals surface area contributed by atoms with Crippen molar-refractivity contribution in [2.75, 3.05) is 11.9 Å². The molecule has 0 radical (unpaired) electrons. The van der Waals surface area contributed by atoms with E-state index in [9.17, 15) is 9.18 Å². The van der Waals surface area contributed by atoms with E-state index in [1.807, 2.05) is 31.4 Å². The SMILES string of the molecule is Cn1cc(-c2ccc(NC(=O)C(NCCc3ccc(C#N)cc3)c3cccc(F)c3)nc2)cn1. The molecule has 0 bridgehead atoms. The standard InChI is InChI=1S/C26H23FN6O/c1-33-17-22(16-31-33)21-9-10-24(30-15-21)32-26(34)25(20-3-2-4-23(27)13-20)29-12-11-18-5-7-19(14-28)8-6-18/h2-10,13,15-17,25,29H,11-12H2,1H3,(H,30,32,34). The van der Waals surface area contributed by atoms with Gasteiger partial charge in [-0.2, -0.15) is 10.4 Å². The maximum Gasteiger partial charge on any atom is 0.247 e. The lowest BCUT2D eigenvalue weighted by molar-refractivity contribution is -0.118. The lowest BCUT2D eigenvalue weighted by Crippen LogP contribution is -2.34. The Labute approximate surface area is 196 Å². The maximum atomic E-state index is 13.9. The number of hydrogen-bond donors (Lipinski definition) is 2. The predicted molar refractivity (Wildman–Crippen MR) is 127 cm³/mol. The molecule has 2 N–H and O–H groups in total. The zero-order valence-electron chi connectivity index (χ0n) is 18.6. The highest BCUT2D eigenvalue weighted by Gasteiger charge is 2.21. The van der Waals surface area contributed by atoms with E-state index < -0.39 is 11.9 Å². The first-order valence-corrected chi connectivity index (χ1v) is 10.8. The zero-order chi connectivity index (χ0) is 23.9. The summed E-state index contributed by atoms with van der Waals surface area (Å²) in [6.07, 6.45) is 5.94. The summed E-state index contributed by atoms with van der Waals surface area (Å²) in [6, 6.07) is 18.1. The quantitative estimate of drug-likeness (QED) is 0.420. The van der Waals surface area contributed by atoms with E-state index in [0.29, 0.717) is 29.9 Å². The Kier molecular flexibility index (Phi) is 7.06. The van der Waals surface area contributed by atoms with Crippen LogP contribution < -0.4 is 10.6 Å². The summed E-state index contributed by atoms with van der Waals surface area (Å²) in [5.41, 5.74) is 3.95. The molecule has 0 aliphatic carbocycles. The molecule has 1 unspecified atom stereocenters. The van der Waals surface area contributed by atoms with Crippen LogP contribution in [0.5, 0.6) is 0 Å². The summed E-state index contributed by atoms with van der Waals surface area (Å²) in [4.78, 5) is 17.5. The molecule has 34 heavy (non-hydrogen) atoms. The van der Waals surface area contributed by atoms with Crippen molar-refractivity contribution in [2.24, 2.45) is 7.05 Å². The molecule has 0 saturated carbocycles. The highest BCUT2D eigenvalue weighted by molar-refractivity contribution is 5.95. The van der Waals surface area contributed by atoms with Crippen LogP contribution in [0.1, 0.15) is 22.7 Å². The number of benzene rings is 2. The summed E-state index contributed by atoms with van der Waals surface area (Å²) in [5.74, 6) is -0.358. The Balaban J connectivity index is 1.45. The van der Waals surface area contributed by atoms with Crippen molar-refractivity contribution in [1.29, 1.82) is 5.26 Å². The molecule has 2 heterocycles. The molecule has 0 aliphatic heterocycles. The second kappa shape index (κ2) is 10.5. The maximum absolute atomic E-state index is 13.9. The summed E-state index contributed by atoms with van der Waals surface area (Å²) < 4.78 is 15.6. The van der Waals surface area contributed by atoms with Gasteiger partial charge in [-0.15, -0.1) is 0 Å². The molecule has 0 saturated heterocycles. The Hall–Kier alpha value is -4.35. The van der Waals surface area contributed by atoms with Gasteiger partial charge < -0.3 is 10.6 Å². The molecule has 0 fully saturated rings. The van der Waals surface area contributed by atoms with Crippen LogP contribution in [-0.2, 0) is 18.3 Å². The third-order valence-electron chi connectivity index (χ3n) is 5.34. The fraction of sp³-hybridized carbons (Fsp3) is 0.154. The summed E-state index contributed by atoms with van der Waals surface area (Å²) in [7, 11) is 1.84. The number of pyridine rings is 1. The van der Waals surface area contributed by atoms with Crippen molar-refractivity contribution in [3.8, 4) is 17.2 Å². The molecule has 0 aliphatic rings. The zero-order valence-corrected chi connectivity index (χ0v) is 18.6. The van der Waals surface area contributed by atoms with Crippen LogP contribution in [0, 0.1) is 17.1 Å². The van der Waals surface area contributed by atoms with Crippen molar-refractivity contribution < 1.29 is 9.18 Å². The van der Waals surface area contributed by atoms with Crippen LogP contribution in [0.15, 0.2) is 79.3 Å². The average molecular weight is 455 g/mol. The highest BCUT2D eigenvalue weighted by atomic mass is 19.1. The predicted octanol–water partition coefficient (Wildman–Crippen LogP) is 4.00. The van der Waals surface area contributed by atoms with E-state index in [1.54, 1.807) is 47.4 Å². The molecule has 170 valence electrons. The number of nitrogens with one attached hydrogen (secondary N) is 2. The van der Waals surface area contributed by atoms with Gasteiger partial charge in [-0.25, -0.2) is 9.37 Å². The van der Waals surface area contributed by atoms with E-state index >= 15 is 0 Å². The summed E-state index contributed by atoms with van der Waals surface area (Å²) in [5, 5.41) is 19.1. The van der Waals surface area contributed by atoms with Gasteiger partial charge in [0.05, 0.1) is 17.8 Å². The van der Waals surface area contributed by atoms with Gasteiger partial charge in [0, 0.05) is 37.1 Å². The van der Waals surface area contributed by atoms with Crippen LogP contribution in [0.3, 0.4) is 0 Å². The van der Waals surface area contributed by atoms with Crippen LogP contribution in [0.25, 0.3) is 11.1 Å². The Morgan fingerprint density at radius 1 is 1.12 bits per heavy atom. The van der Waals surface area contributed by atoms with Gasteiger partial charge in [-0.1, -0.05) is 24.3 Å². The number of halogens is 1. The molecule has 2 aromatic carbocycles. The molecule has 7 nitrogen and oxygen atoms in total. The lowest BCUT2D eigenvalue weighted by atomic mass is 10.0. The topological polar surface area (TPSA) is 95.6 Å². The van der Waals surface area contributed by atoms with E-state index in [1.165, 1.54) is 12.1 Å². The van der Waals surface area contributed by atoms with Gasteiger partial charge in [0.25, 0.3) is 0 Å². The lowest BCUT2D eigenvalue weighted by Gasteiger charge is -2.19. The molecular weight excluding hydrogens is 431 g/mol. The minimum absolute atomic E-state index is 0.341. The first-order valence-electron chi connectivity index (χ1n) is 10.8. The molecule has 8 heteroatoms. The van der Waals surface area contributed by atoms with Crippen molar-refractivity contribution in [1.82, 2.24) is 20.1 Å². The van der Waals surface area contributed by atoms with Crippen molar-refractivity contribution in [2.45, 2.75) is 12.5 Å². The van der Waals surface area contributed by atoms with Gasteiger partial charge in [-0.05, 0) is 53.9 Å². The van der Waals surface area contributed by atoms with Gasteiger partial charge in [0.1, 0.15) is 17.7 Å². The smallest absolute Gasteiger partial charge is 0.247 e. The minimum atomic E-state index is -0.770. The van der Waals surface area contributed by atoms with Gasteiger partial charge in [-0.3, -0.25) is 9.48 Å². The molecule has 0 spiro atoms. The minimum Gasteiger partial charge on any atom is -0.309 e. The Bertz CT molecular complexity index is 1310. The number of carbonyl (C=O) groups excluding carboxylic acids is 1. The first-order chi connectivity index (χ1) is 16.5. The molecular formula is C26H23FN6O. The largest absolute Gasteiger partial charge is 0.309 e. The van der Waals surface area contributed by atoms with E-state index in [-0.39, 0.29) is 5.91 Å². The van der Waals surface area contributed by atoms with Crippen LogP contribution >= 0.6 is 0 Å². The van der Waals surface area contributed by atoms with Gasteiger partial charge in [0.15, 0.2) is 0 Å². The average Bonchev–Trinajstić information content (AvgIpc) is 3.29. The number of carbonyl (C=O) groups is 1. The van der Waals surface area contributed by atoms with Crippen molar-refractivity contribution in [3.05, 3.63) is 102 Å². The third-order valence-corrected chi connectivity index (χ3v) is 5.34. The fourth-order valence-electron chi connectivity index (χ4n) is 3.56. The number of rotatable bonds is 8. The van der Waals surface area contributed by atoms with E-state index in [4.69, 9.17) is 5.26 Å². The third kappa shape index (κ3) is 5.71. The van der Waals surface area contributed by atoms with Crippen LogP contribution in [0.4, 0.5) is 10.2 Å². The molecule has 2 aromatic heterocycles. The summed E-state index contributed by atoms with van der Waals surface area (Å²) in [6.45, 7) is 0.480. The number of aromatic nitrogens is 3. The fourth-order valence-corrected chi connectivity index (χ4v) is 3.56. The van der Waals surface area contributed by atoms with Gasteiger partial charge >= 0.3 is 0 Å². The second-order valence-corrected chi connectivity index (χ2v) is 7.82. The number of hydrogen-bond acceptors (Lipinski definition) is 5. The van der Waals surface area contributed by atoms with Crippen LogP contribution in [0.2, 0.25) is 0 Å². The van der Waals surface area contributed by atoms with E-state index in [2.05, 4.69) is 26.8 Å². The molecule has 1 amide bonds. The normalized spacial score (nSPS) is 11.6. The van der Waals surface area contributed by atoms with Gasteiger partial charge in [0.2, 0.25) is 5.91 Å². The molecule has 4 rings (SSSR count). The number of amides is 1. The number of nitriles is 1. The Morgan fingerprint density at radius 2 is 1.94 bits per heavy atom. The number of anilines is 1. The van der Waals surface area contributed by atoms with Crippen molar-refractivity contribution in [3.63, 3.8) is 0 Å². The van der Waals surface area contributed by atoms with Crippen molar-refractivity contribution >= 4 is 11.7 Å². The number of nitrogens with zero attached hydrogens (tertiary/aromatic N) is 4. The molecule has 1 atom stereocenters. The van der Waals surface area contributed by atoms with Crippen LogP contribution in [-0.4, -0.2) is 27.2 Å². The monoisotopic (exact) mass is 454 g/mol.